The Hall–Kier alpha value is -2.40. The summed E-state index contributed by atoms with van der Waals surface area (Å²) in [7, 11) is 0. The lowest BCUT2D eigenvalue weighted by molar-refractivity contribution is 0.0977. The van der Waals surface area contributed by atoms with Crippen LogP contribution in [0.5, 0.6) is 5.75 Å². The standard InChI is InChI=1S/C19H22N2O2S/c1-12-6-5-7-13(10-12)17(23)21-18(24)20-15-11-14(19(2,3)4)8-9-16(15)22/h5-11,22H,1-4H3,(H2,20,21,23,24). The number of carbonyl (C=O) groups is 1. The number of aromatic hydroxyl groups is 1. The number of nitrogens with one attached hydrogen (secondary N) is 2. The average molecular weight is 342 g/mol. The van der Waals surface area contributed by atoms with Gasteiger partial charge in [0.1, 0.15) is 5.75 Å². The van der Waals surface area contributed by atoms with Crippen molar-refractivity contribution in [1.82, 2.24) is 5.32 Å². The summed E-state index contributed by atoms with van der Waals surface area (Å²) >= 11 is 5.19. The molecule has 0 radical (unpaired) electrons. The number of phenols is 1. The molecule has 0 aliphatic heterocycles. The minimum absolute atomic E-state index is 0.0590. The van der Waals surface area contributed by atoms with Crippen LogP contribution in [0, 0.1) is 6.92 Å². The van der Waals surface area contributed by atoms with E-state index < -0.39 is 0 Å². The minimum Gasteiger partial charge on any atom is -0.506 e. The van der Waals surface area contributed by atoms with Gasteiger partial charge in [0.25, 0.3) is 5.91 Å². The Balaban J connectivity index is 2.11. The topological polar surface area (TPSA) is 61.4 Å². The lowest BCUT2D eigenvalue weighted by Gasteiger charge is -2.21. The molecule has 5 heteroatoms. The highest BCUT2D eigenvalue weighted by atomic mass is 32.1. The number of carbonyl (C=O) groups excluding carboxylic acids is 1. The fourth-order valence-corrected chi connectivity index (χ4v) is 2.42. The molecule has 0 unspecified atom stereocenters. The predicted molar refractivity (Wildman–Crippen MR) is 102 cm³/mol. The van der Waals surface area contributed by atoms with E-state index in [-0.39, 0.29) is 22.2 Å². The van der Waals surface area contributed by atoms with E-state index in [4.69, 9.17) is 12.2 Å². The summed E-state index contributed by atoms with van der Waals surface area (Å²) in [5, 5.41) is 15.7. The van der Waals surface area contributed by atoms with Crippen molar-refractivity contribution in [3.8, 4) is 5.75 Å². The first-order chi connectivity index (χ1) is 11.2. The highest BCUT2D eigenvalue weighted by Crippen LogP contribution is 2.30. The molecular weight excluding hydrogens is 320 g/mol. The molecule has 0 bridgehead atoms. The molecule has 0 heterocycles. The zero-order chi connectivity index (χ0) is 17.9. The quantitative estimate of drug-likeness (QED) is 0.567. The van der Waals surface area contributed by atoms with Crippen molar-refractivity contribution in [1.29, 1.82) is 0 Å². The number of rotatable bonds is 2. The van der Waals surface area contributed by atoms with Crippen LogP contribution in [0.15, 0.2) is 42.5 Å². The molecule has 4 nitrogen and oxygen atoms in total. The monoisotopic (exact) mass is 342 g/mol. The van der Waals surface area contributed by atoms with Gasteiger partial charge in [0.05, 0.1) is 5.69 Å². The van der Waals surface area contributed by atoms with Gasteiger partial charge in [-0.2, -0.15) is 0 Å². The number of thiocarbonyl (C=S) groups is 1. The smallest absolute Gasteiger partial charge is 0.257 e. The molecule has 3 N–H and O–H groups in total. The van der Waals surface area contributed by atoms with Crippen LogP contribution in [0.25, 0.3) is 0 Å². The van der Waals surface area contributed by atoms with E-state index in [0.29, 0.717) is 11.3 Å². The summed E-state index contributed by atoms with van der Waals surface area (Å²) in [5.41, 5.74) is 2.99. The van der Waals surface area contributed by atoms with Crippen LogP contribution in [-0.2, 0) is 5.41 Å². The van der Waals surface area contributed by atoms with Crippen molar-refractivity contribution in [3.63, 3.8) is 0 Å². The van der Waals surface area contributed by atoms with Crippen molar-refractivity contribution >= 4 is 28.9 Å². The second-order valence-electron chi connectivity index (χ2n) is 6.76. The zero-order valence-electron chi connectivity index (χ0n) is 14.3. The van der Waals surface area contributed by atoms with Crippen LogP contribution in [-0.4, -0.2) is 16.1 Å². The van der Waals surface area contributed by atoms with Gasteiger partial charge in [-0.05, 0) is 54.4 Å². The second kappa shape index (κ2) is 7.01. The van der Waals surface area contributed by atoms with E-state index in [9.17, 15) is 9.90 Å². The number of anilines is 1. The van der Waals surface area contributed by atoms with Gasteiger partial charge < -0.3 is 10.4 Å². The summed E-state index contributed by atoms with van der Waals surface area (Å²) in [6.45, 7) is 8.17. The molecule has 0 aliphatic carbocycles. The van der Waals surface area contributed by atoms with Crippen molar-refractivity contribution in [2.75, 3.05) is 5.32 Å². The molecule has 0 aromatic heterocycles. The molecule has 2 aromatic rings. The van der Waals surface area contributed by atoms with E-state index in [1.165, 1.54) is 0 Å². The normalized spacial score (nSPS) is 11.0. The highest BCUT2D eigenvalue weighted by molar-refractivity contribution is 7.80. The lowest BCUT2D eigenvalue weighted by atomic mass is 9.87. The number of hydrogen-bond donors (Lipinski definition) is 3. The maximum absolute atomic E-state index is 12.2. The first-order valence-electron chi connectivity index (χ1n) is 7.69. The minimum atomic E-state index is -0.289. The van der Waals surface area contributed by atoms with Crippen molar-refractivity contribution in [3.05, 3.63) is 59.2 Å². The van der Waals surface area contributed by atoms with Crippen LogP contribution in [0.3, 0.4) is 0 Å². The Morgan fingerprint density at radius 3 is 2.46 bits per heavy atom. The van der Waals surface area contributed by atoms with Crippen LogP contribution in [0.1, 0.15) is 42.3 Å². The molecule has 0 aliphatic rings. The second-order valence-corrected chi connectivity index (χ2v) is 7.17. The number of benzene rings is 2. The molecule has 0 spiro atoms. The van der Waals surface area contributed by atoms with E-state index in [1.54, 1.807) is 18.2 Å². The largest absolute Gasteiger partial charge is 0.506 e. The van der Waals surface area contributed by atoms with Crippen LogP contribution >= 0.6 is 12.2 Å². The predicted octanol–water partition coefficient (Wildman–Crippen LogP) is 4.12. The molecule has 0 saturated carbocycles. The average Bonchev–Trinajstić information content (AvgIpc) is 2.48. The van der Waals surface area contributed by atoms with E-state index >= 15 is 0 Å². The number of aryl methyl sites for hydroxylation is 1. The maximum Gasteiger partial charge on any atom is 0.257 e. The van der Waals surface area contributed by atoms with Gasteiger partial charge >= 0.3 is 0 Å². The van der Waals surface area contributed by atoms with Gasteiger partial charge in [0, 0.05) is 5.56 Å². The molecule has 0 atom stereocenters. The third-order valence-corrected chi connectivity index (χ3v) is 3.82. The fraction of sp³-hybridized carbons (Fsp3) is 0.263. The zero-order valence-corrected chi connectivity index (χ0v) is 15.1. The summed E-state index contributed by atoms with van der Waals surface area (Å²) in [4.78, 5) is 12.2. The SMILES string of the molecule is Cc1cccc(C(=O)NC(=S)Nc2cc(C(C)(C)C)ccc2O)c1. The molecule has 0 fully saturated rings. The number of amides is 1. The summed E-state index contributed by atoms with van der Waals surface area (Å²) < 4.78 is 0. The van der Waals surface area contributed by atoms with Crippen LogP contribution in [0.4, 0.5) is 5.69 Å². The van der Waals surface area contributed by atoms with Gasteiger partial charge in [-0.1, -0.05) is 44.5 Å². The van der Waals surface area contributed by atoms with Crippen molar-refractivity contribution in [2.45, 2.75) is 33.1 Å². The maximum atomic E-state index is 12.2. The summed E-state index contributed by atoms with van der Waals surface area (Å²) in [6.07, 6.45) is 0. The molecule has 24 heavy (non-hydrogen) atoms. The first kappa shape index (κ1) is 17.9. The fourth-order valence-electron chi connectivity index (χ4n) is 2.22. The Kier molecular flexibility index (Phi) is 5.24. The Bertz CT molecular complexity index is 779. The van der Waals surface area contributed by atoms with Crippen molar-refractivity contribution < 1.29 is 9.90 Å². The third kappa shape index (κ3) is 4.55. The van der Waals surface area contributed by atoms with Gasteiger partial charge in [0.2, 0.25) is 0 Å². The van der Waals surface area contributed by atoms with Gasteiger partial charge in [0.15, 0.2) is 5.11 Å². The number of hydrogen-bond acceptors (Lipinski definition) is 3. The molecular formula is C19H22N2O2S. The van der Waals surface area contributed by atoms with Gasteiger partial charge in [-0.15, -0.1) is 0 Å². The Labute approximate surface area is 147 Å². The molecule has 2 rings (SSSR count). The molecule has 2 aromatic carbocycles. The Morgan fingerprint density at radius 2 is 1.83 bits per heavy atom. The van der Waals surface area contributed by atoms with Gasteiger partial charge in [-0.3, -0.25) is 10.1 Å². The summed E-state index contributed by atoms with van der Waals surface area (Å²) in [5.74, 6) is -0.210. The van der Waals surface area contributed by atoms with Crippen molar-refractivity contribution in [2.24, 2.45) is 0 Å². The lowest BCUT2D eigenvalue weighted by Crippen LogP contribution is -2.34. The van der Waals surface area contributed by atoms with Crippen LogP contribution < -0.4 is 10.6 Å². The van der Waals surface area contributed by atoms with Gasteiger partial charge in [-0.25, -0.2) is 0 Å². The Morgan fingerprint density at radius 1 is 1.12 bits per heavy atom. The summed E-state index contributed by atoms with van der Waals surface area (Å²) in [6, 6.07) is 12.6. The number of phenolic OH excluding ortho intramolecular Hbond substituents is 1. The van der Waals surface area contributed by atoms with E-state index in [1.807, 2.05) is 31.2 Å². The highest BCUT2D eigenvalue weighted by Gasteiger charge is 2.16. The van der Waals surface area contributed by atoms with Crippen LogP contribution in [0.2, 0.25) is 0 Å². The van der Waals surface area contributed by atoms with E-state index in [0.717, 1.165) is 11.1 Å². The molecule has 126 valence electrons. The molecule has 0 saturated heterocycles. The molecule has 1 amide bonds. The van der Waals surface area contributed by atoms with E-state index in [2.05, 4.69) is 31.4 Å². The third-order valence-electron chi connectivity index (χ3n) is 3.62. The first-order valence-corrected chi connectivity index (χ1v) is 8.10.